The van der Waals surface area contributed by atoms with Crippen LogP contribution < -0.4 is 4.90 Å². The molecule has 7 aliphatic carbocycles. The summed E-state index contributed by atoms with van der Waals surface area (Å²) in [6.45, 7) is 14.6. The van der Waals surface area contributed by atoms with Gasteiger partial charge in [-0.25, -0.2) is 0 Å². The highest BCUT2D eigenvalue weighted by Crippen LogP contribution is 2.90. The predicted octanol–water partition coefficient (Wildman–Crippen LogP) is 14.8. The van der Waals surface area contributed by atoms with E-state index < -0.39 is 0 Å². The molecule has 1 heteroatoms. The van der Waals surface area contributed by atoms with Gasteiger partial charge in [-0.05, 0) is 182 Å². The molecule has 6 unspecified atom stereocenters. The summed E-state index contributed by atoms with van der Waals surface area (Å²) in [5, 5.41) is 0. The van der Waals surface area contributed by atoms with E-state index in [9.17, 15) is 0 Å². The normalized spacial score (nSPS) is 29.7. The average Bonchev–Trinajstić information content (AvgIpc) is 3.92. The topological polar surface area (TPSA) is 3.24 Å². The number of benzene rings is 6. The van der Waals surface area contributed by atoms with Gasteiger partial charge in [0.05, 0.1) is 0 Å². The van der Waals surface area contributed by atoms with Crippen LogP contribution >= 0.6 is 0 Å². The summed E-state index contributed by atoms with van der Waals surface area (Å²) in [6.07, 6.45) is 8.29. The summed E-state index contributed by atoms with van der Waals surface area (Å²) in [5.41, 5.74) is 22.4. The Morgan fingerprint density at radius 3 is 1.81 bits per heavy atom. The first-order valence-electron chi connectivity index (χ1n) is 22.5. The Kier molecular flexibility index (Phi) is 6.36. The molecule has 4 fully saturated rings. The summed E-state index contributed by atoms with van der Waals surface area (Å²) < 4.78 is 0. The number of hydrogen-bond donors (Lipinski definition) is 0. The van der Waals surface area contributed by atoms with Crippen molar-refractivity contribution < 1.29 is 0 Å². The van der Waals surface area contributed by atoms with Crippen LogP contribution in [0.4, 0.5) is 17.1 Å². The molecule has 1 nitrogen and oxygen atoms in total. The maximum Gasteiger partial charge on any atom is 0.0465 e. The molecule has 13 rings (SSSR count). The zero-order valence-electron chi connectivity index (χ0n) is 35.1. The van der Waals surface area contributed by atoms with Gasteiger partial charge in [0.25, 0.3) is 0 Å². The van der Waals surface area contributed by atoms with Crippen molar-refractivity contribution in [2.24, 2.45) is 29.1 Å². The molecule has 2 bridgehead atoms. The van der Waals surface area contributed by atoms with Crippen LogP contribution in [0, 0.1) is 29.1 Å². The number of fused-ring (bicyclic) bond motifs is 12. The van der Waals surface area contributed by atoms with Gasteiger partial charge in [0, 0.05) is 27.9 Å². The third-order valence-corrected chi connectivity index (χ3v) is 18.0. The summed E-state index contributed by atoms with van der Waals surface area (Å²) in [5.74, 6) is 3.54. The monoisotopic (exact) mass is 753 g/mol. The standard InChI is InChI=1S/C57H55N/c1-53(2)26-27-54(3,4)49-32-39(23-25-47(49)53)58(38-22-24-43-41-12-7-9-16-45(41)55(5,6)48(43)31-38)37-20-18-35(19-21-37)40-14-11-15-44-42-13-8-10-17-46(42)57(52(40)44)50-29-34-28-36-30-51(57)56(36,50)33-34/h7-25,31-32,34,36,50-51H,26-30,33H2,1-6H3. The average molecular weight is 754 g/mol. The maximum atomic E-state index is 2.55. The SMILES string of the molecule is CC1(C)CCC(C)(C)c2cc(N(c3ccc(-c4cccc5c4C4(c6ccccc6-5)C5CC6CC7CC4C75C6)cc3)c3ccc4c(c3)C(C)(C)c3ccccc3-4)ccc21. The molecule has 0 heterocycles. The molecule has 288 valence electrons. The lowest BCUT2D eigenvalue weighted by atomic mass is 9.26. The largest absolute Gasteiger partial charge is 0.310 e. The van der Waals surface area contributed by atoms with Gasteiger partial charge >= 0.3 is 0 Å². The van der Waals surface area contributed by atoms with Crippen molar-refractivity contribution in [2.75, 3.05) is 4.90 Å². The first kappa shape index (κ1) is 34.0. The Balaban J connectivity index is 0.963. The van der Waals surface area contributed by atoms with Gasteiger partial charge in [-0.15, -0.1) is 0 Å². The third kappa shape index (κ3) is 3.91. The fraction of sp³-hybridized carbons (Fsp3) is 0.368. The zero-order chi connectivity index (χ0) is 39.1. The van der Waals surface area contributed by atoms with Crippen LogP contribution in [0.2, 0.25) is 0 Å². The second-order valence-corrected chi connectivity index (χ2v) is 21.6. The minimum atomic E-state index is -0.0695. The summed E-state index contributed by atoms with van der Waals surface area (Å²) in [7, 11) is 0. The predicted molar refractivity (Wildman–Crippen MR) is 240 cm³/mol. The van der Waals surface area contributed by atoms with Crippen LogP contribution in [0.3, 0.4) is 0 Å². The fourth-order valence-corrected chi connectivity index (χ4v) is 15.4. The first-order chi connectivity index (χ1) is 27.9. The second kappa shape index (κ2) is 10.8. The van der Waals surface area contributed by atoms with Gasteiger partial charge < -0.3 is 4.90 Å². The van der Waals surface area contributed by atoms with Crippen molar-refractivity contribution in [3.05, 3.63) is 161 Å². The van der Waals surface area contributed by atoms with E-state index in [0.717, 1.165) is 23.7 Å². The van der Waals surface area contributed by atoms with Gasteiger partial charge in [0.15, 0.2) is 0 Å². The Morgan fingerprint density at radius 2 is 1.05 bits per heavy atom. The molecule has 58 heavy (non-hydrogen) atoms. The van der Waals surface area contributed by atoms with Crippen LogP contribution in [0.5, 0.6) is 0 Å². The molecule has 0 radical (unpaired) electrons. The molecule has 0 aromatic heterocycles. The smallest absolute Gasteiger partial charge is 0.0465 e. The number of anilines is 3. The van der Waals surface area contributed by atoms with Crippen LogP contribution in [0.25, 0.3) is 33.4 Å². The van der Waals surface area contributed by atoms with Gasteiger partial charge in [-0.3, -0.25) is 0 Å². The lowest BCUT2D eigenvalue weighted by Gasteiger charge is -2.76. The highest BCUT2D eigenvalue weighted by Gasteiger charge is 2.84. The van der Waals surface area contributed by atoms with E-state index in [1.807, 2.05) is 0 Å². The summed E-state index contributed by atoms with van der Waals surface area (Å²) >= 11 is 0. The fourth-order valence-electron chi connectivity index (χ4n) is 15.4. The van der Waals surface area contributed by atoms with Crippen LogP contribution in [0.1, 0.15) is 113 Å². The molecule has 4 saturated carbocycles. The van der Waals surface area contributed by atoms with Crippen molar-refractivity contribution >= 4 is 17.1 Å². The highest BCUT2D eigenvalue weighted by atomic mass is 15.1. The molecule has 2 spiro atoms. The van der Waals surface area contributed by atoms with E-state index in [-0.39, 0.29) is 21.7 Å². The molecule has 0 saturated heterocycles. The Bertz CT molecular complexity index is 2760. The van der Waals surface area contributed by atoms with Crippen molar-refractivity contribution in [3.8, 4) is 33.4 Å². The van der Waals surface area contributed by atoms with Crippen molar-refractivity contribution in [1.29, 1.82) is 0 Å². The van der Waals surface area contributed by atoms with Gasteiger partial charge in [-0.1, -0.05) is 133 Å². The van der Waals surface area contributed by atoms with E-state index in [2.05, 4.69) is 174 Å². The van der Waals surface area contributed by atoms with Crippen LogP contribution in [-0.4, -0.2) is 0 Å². The van der Waals surface area contributed by atoms with E-state index in [0.29, 0.717) is 5.41 Å². The number of hydrogen-bond acceptors (Lipinski definition) is 1. The highest BCUT2D eigenvalue weighted by molar-refractivity contribution is 5.91. The van der Waals surface area contributed by atoms with Crippen molar-refractivity contribution in [3.63, 3.8) is 0 Å². The molecule has 6 aromatic carbocycles. The van der Waals surface area contributed by atoms with Gasteiger partial charge in [0.2, 0.25) is 0 Å². The molecule has 6 atom stereocenters. The quantitative estimate of drug-likeness (QED) is 0.173. The van der Waals surface area contributed by atoms with Gasteiger partial charge in [-0.2, -0.15) is 0 Å². The summed E-state index contributed by atoms with van der Waals surface area (Å²) in [6, 6.07) is 50.2. The lowest BCUT2D eigenvalue weighted by Crippen LogP contribution is -2.73. The van der Waals surface area contributed by atoms with Crippen LogP contribution in [0.15, 0.2) is 127 Å². The Morgan fingerprint density at radius 1 is 0.466 bits per heavy atom. The Hall–Kier alpha value is -4.88. The minimum absolute atomic E-state index is 0.0695. The Labute approximate surface area is 345 Å². The van der Waals surface area contributed by atoms with Crippen LogP contribution in [-0.2, 0) is 21.7 Å². The van der Waals surface area contributed by atoms with E-state index in [1.54, 1.807) is 11.1 Å². The summed E-state index contributed by atoms with van der Waals surface area (Å²) in [4.78, 5) is 2.55. The molecule has 6 aromatic rings. The van der Waals surface area contributed by atoms with E-state index in [4.69, 9.17) is 0 Å². The first-order valence-corrected chi connectivity index (χ1v) is 22.5. The van der Waals surface area contributed by atoms with E-state index in [1.165, 1.54) is 111 Å². The van der Waals surface area contributed by atoms with Gasteiger partial charge in [0.1, 0.15) is 0 Å². The van der Waals surface area contributed by atoms with Crippen molar-refractivity contribution in [2.45, 2.75) is 102 Å². The minimum Gasteiger partial charge on any atom is -0.310 e. The third-order valence-electron chi connectivity index (χ3n) is 18.0. The molecular weight excluding hydrogens is 699 g/mol. The zero-order valence-corrected chi connectivity index (χ0v) is 35.1. The number of nitrogens with zero attached hydrogens (tertiary/aromatic N) is 1. The van der Waals surface area contributed by atoms with Crippen molar-refractivity contribution in [1.82, 2.24) is 0 Å². The van der Waals surface area contributed by atoms with E-state index >= 15 is 0 Å². The molecular formula is C57H55N. The maximum absolute atomic E-state index is 2.55. The molecule has 0 aliphatic heterocycles. The molecule has 0 amide bonds. The number of rotatable bonds is 4. The molecule has 0 N–H and O–H groups in total. The second-order valence-electron chi connectivity index (χ2n) is 21.6. The lowest BCUT2D eigenvalue weighted by molar-refractivity contribution is -0.231. The molecule has 7 aliphatic rings.